The summed E-state index contributed by atoms with van der Waals surface area (Å²) in [5.41, 5.74) is 0.550. The van der Waals surface area contributed by atoms with Crippen LogP contribution in [-0.4, -0.2) is 61.4 Å². The van der Waals surface area contributed by atoms with E-state index in [1.54, 1.807) is 6.07 Å². The average molecular weight is 422 g/mol. The molecule has 1 aliphatic rings. The summed E-state index contributed by atoms with van der Waals surface area (Å²) in [6, 6.07) is 5.40. The fourth-order valence-electron chi connectivity index (χ4n) is 3.44. The van der Waals surface area contributed by atoms with Crippen LogP contribution in [0.3, 0.4) is 0 Å². The van der Waals surface area contributed by atoms with Crippen LogP contribution in [0.15, 0.2) is 35.4 Å². The van der Waals surface area contributed by atoms with E-state index in [4.69, 9.17) is 0 Å². The summed E-state index contributed by atoms with van der Waals surface area (Å²) >= 11 is 0. The minimum Gasteiger partial charge on any atom is -0.477 e. The van der Waals surface area contributed by atoms with Gasteiger partial charge in [0.2, 0.25) is 5.95 Å². The molecule has 8 nitrogen and oxygen atoms in total. The lowest BCUT2D eigenvalue weighted by atomic mass is 9.99. The number of piperazine rings is 1. The lowest BCUT2D eigenvalue weighted by molar-refractivity contribution is 0.0690. The van der Waals surface area contributed by atoms with Crippen LogP contribution < -0.4 is 9.80 Å². The van der Waals surface area contributed by atoms with Crippen LogP contribution in [0.25, 0.3) is 0 Å². The van der Waals surface area contributed by atoms with Gasteiger partial charge < -0.3 is 14.9 Å². The molecule has 1 aromatic heterocycles. The zero-order valence-electron chi connectivity index (χ0n) is 16.4. The summed E-state index contributed by atoms with van der Waals surface area (Å²) < 4.78 is 37.7. The van der Waals surface area contributed by atoms with Crippen molar-refractivity contribution in [3.05, 3.63) is 42.0 Å². The Bertz CT molecular complexity index is 1030. The molecular formula is C19H23FN4O4S. The standard InChI is InChI=1S/C19H23FN4O4S/c1-12(2)16-11-23(13-4-5-14(20)17(10-13)29(3,27)28)8-9-24(16)19-21-7-6-15(22-19)18(25)26/h4-7,10,12,16H,8-9,11H2,1-3H3,(H,25,26)/t16-/m0/s1. The molecule has 0 saturated carbocycles. The molecule has 1 aliphatic heterocycles. The number of nitrogens with zero attached hydrogens (tertiary/aromatic N) is 4. The Labute approximate surface area is 168 Å². The Hall–Kier alpha value is -2.75. The Morgan fingerprint density at radius 3 is 2.62 bits per heavy atom. The molecule has 0 amide bonds. The number of anilines is 2. The molecule has 156 valence electrons. The van der Waals surface area contributed by atoms with Gasteiger partial charge in [-0.25, -0.2) is 27.6 Å². The number of carboxylic acid groups (broad SMARTS) is 1. The third-order valence-corrected chi connectivity index (χ3v) is 6.10. The first-order chi connectivity index (χ1) is 13.6. The van der Waals surface area contributed by atoms with E-state index in [9.17, 15) is 22.7 Å². The van der Waals surface area contributed by atoms with Gasteiger partial charge in [-0.15, -0.1) is 0 Å². The Balaban J connectivity index is 1.90. The second-order valence-corrected chi connectivity index (χ2v) is 9.37. The molecule has 2 heterocycles. The zero-order valence-corrected chi connectivity index (χ0v) is 17.2. The van der Waals surface area contributed by atoms with E-state index < -0.39 is 21.6 Å². The second-order valence-electron chi connectivity index (χ2n) is 7.38. The molecule has 2 aromatic rings. The average Bonchev–Trinajstić information content (AvgIpc) is 2.67. The minimum absolute atomic E-state index is 0.0421. The van der Waals surface area contributed by atoms with Gasteiger partial charge in [0.25, 0.3) is 0 Å². The highest BCUT2D eigenvalue weighted by Crippen LogP contribution is 2.28. The summed E-state index contributed by atoms with van der Waals surface area (Å²) in [5.74, 6) is -1.36. The fourth-order valence-corrected chi connectivity index (χ4v) is 4.20. The van der Waals surface area contributed by atoms with E-state index in [0.29, 0.717) is 31.3 Å². The number of rotatable bonds is 5. The van der Waals surface area contributed by atoms with Crippen molar-refractivity contribution in [1.82, 2.24) is 9.97 Å². The number of benzene rings is 1. The van der Waals surface area contributed by atoms with E-state index >= 15 is 0 Å². The monoisotopic (exact) mass is 422 g/mol. The minimum atomic E-state index is -3.68. The van der Waals surface area contributed by atoms with Crippen molar-refractivity contribution < 1.29 is 22.7 Å². The van der Waals surface area contributed by atoms with Crippen LogP contribution in [0.4, 0.5) is 16.0 Å². The number of hydrogen-bond donors (Lipinski definition) is 1. The maximum absolute atomic E-state index is 14.0. The molecule has 0 radical (unpaired) electrons. The molecule has 1 saturated heterocycles. The highest BCUT2D eigenvalue weighted by Gasteiger charge is 2.32. The molecule has 3 rings (SSSR count). The topological polar surface area (TPSA) is 104 Å². The first-order valence-corrected chi connectivity index (χ1v) is 11.0. The van der Waals surface area contributed by atoms with Crippen molar-refractivity contribution in [3.63, 3.8) is 0 Å². The normalized spacial score (nSPS) is 17.6. The summed E-state index contributed by atoms with van der Waals surface area (Å²) in [5, 5.41) is 9.19. The first-order valence-electron chi connectivity index (χ1n) is 9.15. The van der Waals surface area contributed by atoms with Crippen molar-refractivity contribution in [1.29, 1.82) is 0 Å². The predicted molar refractivity (Wildman–Crippen MR) is 107 cm³/mol. The molecule has 1 fully saturated rings. The molecule has 1 N–H and O–H groups in total. The van der Waals surface area contributed by atoms with Crippen LogP contribution in [0, 0.1) is 11.7 Å². The van der Waals surface area contributed by atoms with Gasteiger partial charge in [-0.05, 0) is 30.2 Å². The number of carbonyl (C=O) groups is 1. The summed E-state index contributed by atoms with van der Waals surface area (Å²) in [7, 11) is -3.68. The smallest absolute Gasteiger partial charge is 0.354 e. The lowest BCUT2D eigenvalue weighted by Gasteiger charge is -2.44. The van der Waals surface area contributed by atoms with Crippen LogP contribution in [-0.2, 0) is 9.84 Å². The van der Waals surface area contributed by atoms with Gasteiger partial charge in [-0.1, -0.05) is 13.8 Å². The Morgan fingerprint density at radius 1 is 1.28 bits per heavy atom. The van der Waals surface area contributed by atoms with Crippen LogP contribution in [0.1, 0.15) is 24.3 Å². The fraction of sp³-hybridized carbons (Fsp3) is 0.421. The van der Waals surface area contributed by atoms with Crippen LogP contribution >= 0.6 is 0 Å². The molecule has 10 heteroatoms. The first kappa shape index (κ1) is 21.0. The molecule has 0 spiro atoms. The molecule has 0 bridgehead atoms. The van der Waals surface area contributed by atoms with Gasteiger partial charge in [0.1, 0.15) is 10.7 Å². The Kier molecular flexibility index (Phi) is 5.74. The molecule has 29 heavy (non-hydrogen) atoms. The molecule has 1 aromatic carbocycles. The highest BCUT2D eigenvalue weighted by atomic mass is 32.2. The van der Waals surface area contributed by atoms with Crippen molar-refractivity contribution in [2.75, 3.05) is 35.7 Å². The zero-order chi connectivity index (χ0) is 21.3. The number of sulfone groups is 1. The van der Waals surface area contributed by atoms with Gasteiger partial charge in [-0.2, -0.15) is 0 Å². The molecule has 0 unspecified atom stereocenters. The van der Waals surface area contributed by atoms with Crippen molar-refractivity contribution in [2.45, 2.75) is 24.8 Å². The summed E-state index contributed by atoms with van der Waals surface area (Å²) in [4.78, 5) is 23.3. The number of hydrogen-bond acceptors (Lipinski definition) is 7. The maximum atomic E-state index is 14.0. The maximum Gasteiger partial charge on any atom is 0.354 e. The molecule has 1 atom stereocenters. The highest BCUT2D eigenvalue weighted by molar-refractivity contribution is 7.90. The number of halogens is 1. The predicted octanol–water partition coefficient (Wildman–Crippen LogP) is 2.07. The SMILES string of the molecule is CC(C)[C@@H]1CN(c2ccc(F)c(S(C)(=O)=O)c2)CCN1c1nccc(C(=O)O)n1. The molecular weight excluding hydrogens is 399 g/mol. The Morgan fingerprint density at radius 2 is 2.00 bits per heavy atom. The summed E-state index contributed by atoms with van der Waals surface area (Å²) in [6.07, 6.45) is 2.41. The number of carboxylic acids is 1. The van der Waals surface area contributed by atoms with E-state index in [2.05, 4.69) is 9.97 Å². The van der Waals surface area contributed by atoms with Crippen molar-refractivity contribution in [2.24, 2.45) is 5.92 Å². The molecule has 0 aliphatic carbocycles. The van der Waals surface area contributed by atoms with Gasteiger partial charge >= 0.3 is 5.97 Å². The third-order valence-electron chi connectivity index (χ3n) is 4.99. The van der Waals surface area contributed by atoms with E-state index in [1.165, 1.54) is 24.4 Å². The lowest BCUT2D eigenvalue weighted by Crippen LogP contribution is -2.56. The van der Waals surface area contributed by atoms with E-state index in [-0.39, 0.29) is 22.5 Å². The van der Waals surface area contributed by atoms with Crippen LogP contribution in [0.2, 0.25) is 0 Å². The van der Waals surface area contributed by atoms with Crippen LogP contribution in [0.5, 0.6) is 0 Å². The van der Waals surface area contributed by atoms with Gasteiger partial charge in [0.05, 0.1) is 6.04 Å². The van der Waals surface area contributed by atoms with Crippen molar-refractivity contribution >= 4 is 27.4 Å². The van der Waals surface area contributed by atoms with Gasteiger partial charge in [0, 0.05) is 37.8 Å². The van der Waals surface area contributed by atoms with E-state index in [0.717, 1.165) is 6.26 Å². The second kappa shape index (κ2) is 7.94. The van der Waals surface area contributed by atoms with E-state index in [1.807, 2.05) is 23.6 Å². The van der Waals surface area contributed by atoms with Gasteiger partial charge in [-0.3, -0.25) is 0 Å². The largest absolute Gasteiger partial charge is 0.477 e. The number of aromatic carboxylic acids is 1. The van der Waals surface area contributed by atoms with Gasteiger partial charge in [0.15, 0.2) is 15.5 Å². The third kappa shape index (κ3) is 4.47. The van der Waals surface area contributed by atoms with Crippen molar-refractivity contribution in [3.8, 4) is 0 Å². The quantitative estimate of drug-likeness (QED) is 0.781. The number of aromatic nitrogens is 2. The summed E-state index contributed by atoms with van der Waals surface area (Å²) in [6.45, 7) is 5.65.